The molecule has 0 saturated heterocycles. The van der Waals surface area contributed by atoms with Gasteiger partial charge in [0.2, 0.25) is 6.79 Å². The van der Waals surface area contributed by atoms with Gasteiger partial charge in [-0.3, -0.25) is 0 Å². The molecule has 0 unspecified atom stereocenters. The zero-order valence-corrected chi connectivity index (χ0v) is 12.7. The van der Waals surface area contributed by atoms with Gasteiger partial charge < -0.3 is 20.1 Å². The number of hydrogen-bond donors (Lipinski definition) is 2. The standard InChI is InChI=1S/C17H22N2O3/c20-17(18-9-8-13-4-2-1-3-5-13)19-11-14-6-7-15-16(10-14)22-12-21-15/h4,6-7,10H,1-3,5,8-9,11-12H2,(H2,18,19,20). The predicted molar refractivity (Wildman–Crippen MR) is 84.0 cm³/mol. The molecular weight excluding hydrogens is 280 g/mol. The average molecular weight is 302 g/mol. The van der Waals surface area contributed by atoms with Crippen molar-refractivity contribution in [2.45, 2.75) is 38.6 Å². The van der Waals surface area contributed by atoms with Crippen molar-refractivity contribution < 1.29 is 14.3 Å². The van der Waals surface area contributed by atoms with E-state index < -0.39 is 0 Å². The molecule has 1 aromatic carbocycles. The fourth-order valence-corrected chi connectivity index (χ4v) is 2.76. The second-order valence-electron chi connectivity index (χ2n) is 5.66. The van der Waals surface area contributed by atoms with Crippen LogP contribution >= 0.6 is 0 Å². The highest BCUT2D eigenvalue weighted by atomic mass is 16.7. The molecule has 0 atom stereocenters. The van der Waals surface area contributed by atoms with Crippen molar-refractivity contribution in [3.8, 4) is 11.5 Å². The van der Waals surface area contributed by atoms with E-state index in [0.29, 0.717) is 13.1 Å². The summed E-state index contributed by atoms with van der Waals surface area (Å²) in [6, 6.07) is 5.57. The summed E-state index contributed by atoms with van der Waals surface area (Å²) in [5.41, 5.74) is 2.47. The normalized spacial score (nSPS) is 16.1. The van der Waals surface area contributed by atoms with Crippen LogP contribution in [0.3, 0.4) is 0 Å². The number of amides is 2. The van der Waals surface area contributed by atoms with E-state index in [4.69, 9.17) is 9.47 Å². The molecule has 2 aliphatic rings. The molecule has 0 fully saturated rings. The number of urea groups is 1. The average Bonchev–Trinajstić information content (AvgIpc) is 3.01. The number of allylic oxidation sites excluding steroid dienone is 1. The van der Waals surface area contributed by atoms with Gasteiger partial charge in [-0.05, 0) is 49.8 Å². The van der Waals surface area contributed by atoms with Gasteiger partial charge in [0.05, 0.1) is 0 Å². The first-order valence-corrected chi connectivity index (χ1v) is 7.89. The summed E-state index contributed by atoms with van der Waals surface area (Å²) < 4.78 is 10.6. The topological polar surface area (TPSA) is 59.6 Å². The van der Waals surface area contributed by atoms with E-state index in [1.807, 2.05) is 18.2 Å². The van der Waals surface area contributed by atoms with Crippen LogP contribution in [0.15, 0.2) is 29.8 Å². The van der Waals surface area contributed by atoms with Crippen LogP contribution in [0.25, 0.3) is 0 Å². The van der Waals surface area contributed by atoms with Crippen LogP contribution in [0.2, 0.25) is 0 Å². The van der Waals surface area contributed by atoms with Crippen LogP contribution in [0.5, 0.6) is 11.5 Å². The number of fused-ring (bicyclic) bond motifs is 1. The Morgan fingerprint density at radius 3 is 2.91 bits per heavy atom. The fourth-order valence-electron chi connectivity index (χ4n) is 2.76. The highest BCUT2D eigenvalue weighted by molar-refractivity contribution is 5.73. The molecule has 1 aliphatic heterocycles. The van der Waals surface area contributed by atoms with Crippen molar-refractivity contribution in [2.75, 3.05) is 13.3 Å². The van der Waals surface area contributed by atoms with Gasteiger partial charge in [-0.2, -0.15) is 0 Å². The Labute approximate surface area is 130 Å². The second-order valence-corrected chi connectivity index (χ2v) is 5.66. The summed E-state index contributed by atoms with van der Waals surface area (Å²) in [4.78, 5) is 11.8. The molecule has 0 spiro atoms. The summed E-state index contributed by atoms with van der Waals surface area (Å²) in [6.07, 6.45) is 8.22. The van der Waals surface area contributed by atoms with Crippen molar-refractivity contribution in [3.05, 3.63) is 35.4 Å². The van der Waals surface area contributed by atoms with E-state index >= 15 is 0 Å². The smallest absolute Gasteiger partial charge is 0.315 e. The number of carbonyl (C=O) groups is 1. The van der Waals surface area contributed by atoms with Crippen LogP contribution < -0.4 is 20.1 Å². The van der Waals surface area contributed by atoms with Crippen LogP contribution in [-0.2, 0) is 6.54 Å². The molecule has 22 heavy (non-hydrogen) atoms. The Bertz CT molecular complexity index is 569. The van der Waals surface area contributed by atoms with Gasteiger partial charge in [0.1, 0.15) is 0 Å². The van der Waals surface area contributed by atoms with Crippen LogP contribution in [0.1, 0.15) is 37.7 Å². The van der Waals surface area contributed by atoms with Gasteiger partial charge in [0.15, 0.2) is 11.5 Å². The van der Waals surface area contributed by atoms with Crippen molar-refractivity contribution in [2.24, 2.45) is 0 Å². The minimum absolute atomic E-state index is 0.130. The number of ether oxygens (including phenoxy) is 2. The van der Waals surface area contributed by atoms with Gasteiger partial charge in [-0.15, -0.1) is 0 Å². The lowest BCUT2D eigenvalue weighted by Gasteiger charge is -2.13. The van der Waals surface area contributed by atoms with E-state index in [0.717, 1.165) is 23.5 Å². The molecule has 118 valence electrons. The van der Waals surface area contributed by atoms with E-state index in [2.05, 4.69) is 16.7 Å². The Hall–Kier alpha value is -2.17. The van der Waals surface area contributed by atoms with Crippen molar-refractivity contribution in [1.29, 1.82) is 0 Å². The third-order valence-corrected chi connectivity index (χ3v) is 4.01. The Balaban J connectivity index is 1.38. The Morgan fingerprint density at radius 1 is 1.14 bits per heavy atom. The molecule has 2 N–H and O–H groups in total. The Morgan fingerprint density at radius 2 is 2.05 bits per heavy atom. The van der Waals surface area contributed by atoms with Crippen LogP contribution in [0.4, 0.5) is 4.79 Å². The lowest BCUT2D eigenvalue weighted by Crippen LogP contribution is -2.35. The molecule has 0 aromatic heterocycles. The molecule has 0 saturated carbocycles. The maximum atomic E-state index is 11.8. The summed E-state index contributed by atoms with van der Waals surface area (Å²) >= 11 is 0. The summed E-state index contributed by atoms with van der Waals surface area (Å²) in [5.74, 6) is 1.50. The molecule has 3 rings (SSSR count). The number of carbonyl (C=O) groups excluding carboxylic acids is 1. The monoisotopic (exact) mass is 302 g/mol. The minimum Gasteiger partial charge on any atom is -0.454 e. The molecule has 1 aliphatic carbocycles. The fraction of sp³-hybridized carbons (Fsp3) is 0.471. The van der Waals surface area contributed by atoms with Crippen molar-refractivity contribution in [1.82, 2.24) is 10.6 Å². The van der Waals surface area contributed by atoms with E-state index in [1.165, 1.54) is 31.3 Å². The van der Waals surface area contributed by atoms with Crippen molar-refractivity contribution in [3.63, 3.8) is 0 Å². The van der Waals surface area contributed by atoms with Gasteiger partial charge in [-0.1, -0.05) is 17.7 Å². The van der Waals surface area contributed by atoms with Crippen molar-refractivity contribution >= 4 is 6.03 Å². The highest BCUT2D eigenvalue weighted by Gasteiger charge is 2.13. The highest BCUT2D eigenvalue weighted by Crippen LogP contribution is 2.32. The summed E-state index contributed by atoms with van der Waals surface area (Å²) in [5, 5.41) is 5.77. The van der Waals surface area contributed by atoms with E-state index in [-0.39, 0.29) is 12.8 Å². The molecule has 1 heterocycles. The number of benzene rings is 1. The Kier molecular flexibility index (Phi) is 4.83. The van der Waals surface area contributed by atoms with Gasteiger partial charge in [0.25, 0.3) is 0 Å². The molecule has 5 nitrogen and oxygen atoms in total. The quantitative estimate of drug-likeness (QED) is 0.822. The van der Waals surface area contributed by atoms with Gasteiger partial charge in [0, 0.05) is 13.1 Å². The van der Waals surface area contributed by atoms with Crippen LogP contribution in [-0.4, -0.2) is 19.4 Å². The molecule has 5 heteroatoms. The lowest BCUT2D eigenvalue weighted by atomic mass is 9.97. The summed E-state index contributed by atoms with van der Waals surface area (Å²) in [6.45, 7) is 1.44. The number of hydrogen-bond acceptors (Lipinski definition) is 3. The maximum absolute atomic E-state index is 11.8. The second kappa shape index (κ2) is 7.20. The largest absolute Gasteiger partial charge is 0.454 e. The first kappa shape index (κ1) is 14.8. The van der Waals surface area contributed by atoms with E-state index in [1.54, 1.807) is 0 Å². The first-order valence-electron chi connectivity index (χ1n) is 7.89. The minimum atomic E-state index is -0.130. The lowest BCUT2D eigenvalue weighted by molar-refractivity contribution is 0.174. The third kappa shape index (κ3) is 3.93. The zero-order valence-electron chi connectivity index (χ0n) is 12.7. The third-order valence-electron chi connectivity index (χ3n) is 4.01. The predicted octanol–water partition coefficient (Wildman–Crippen LogP) is 3.11. The maximum Gasteiger partial charge on any atom is 0.315 e. The van der Waals surface area contributed by atoms with E-state index in [9.17, 15) is 4.79 Å². The SMILES string of the molecule is O=C(NCCC1=CCCCC1)NCc1ccc2c(c1)OCO2. The molecule has 0 radical (unpaired) electrons. The molecule has 0 bridgehead atoms. The zero-order chi connectivity index (χ0) is 15.2. The molecule has 2 amide bonds. The number of rotatable bonds is 5. The van der Waals surface area contributed by atoms with Gasteiger partial charge in [-0.25, -0.2) is 4.79 Å². The van der Waals surface area contributed by atoms with Gasteiger partial charge >= 0.3 is 6.03 Å². The first-order chi connectivity index (χ1) is 10.8. The number of nitrogens with one attached hydrogen (secondary N) is 2. The molecular formula is C17H22N2O3. The van der Waals surface area contributed by atoms with Crippen LogP contribution in [0, 0.1) is 0 Å². The molecule has 1 aromatic rings. The summed E-state index contributed by atoms with van der Waals surface area (Å²) in [7, 11) is 0.